The smallest absolute Gasteiger partial charge is 0.251 e. The Morgan fingerprint density at radius 3 is 2.69 bits per heavy atom. The predicted molar refractivity (Wildman–Crippen MR) is 108 cm³/mol. The van der Waals surface area contributed by atoms with Gasteiger partial charge in [0.05, 0.1) is 5.25 Å². The standard InChI is InChI=1S/C20H27N3O2S/c1-5-9-15-12-18(24)23-20(21-15)26-14(4)19(25)22-17-11-8-7-10-16(17)13(3)6-2/h7-8,10-14H,5-6,9H2,1-4H3,(H,22,25)(H,21,23,24). The van der Waals surface area contributed by atoms with Gasteiger partial charge < -0.3 is 10.3 Å². The summed E-state index contributed by atoms with van der Waals surface area (Å²) in [6.45, 7) is 8.14. The Kier molecular flexibility index (Phi) is 7.45. The van der Waals surface area contributed by atoms with Crippen molar-refractivity contribution in [3.05, 3.63) is 51.9 Å². The van der Waals surface area contributed by atoms with Crippen LogP contribution in [0.25, 0.3) is 0 Å². The Morgan fingerprint density at radius 2 is 2.00 bits per heavy atom. The molecule has 0 saturated carbocycles. The minimum Gasteiger partial charge on any atom is -0.325 e. The van der Waals surface area contributed by atoms with E-state index in [9.17, 15) is 9.59 Å². The highest BCUT2D eigenvalue weighted by molar-refractivity contribution is 8.00. The molecule has 1 heterocycles. The number of nitrogens with zero attached hydrogens (tertiary/aromatic N) is 1. The third-order valence-corrected chi connectivity index (χ3v) is 5.28. The number of benzene rings is 1. The van der Waals surface area contributed by atoms with Gasteiger partial charge in [-0.05, 0) is 37.3 Å². The average Bonchev–Trinajstić information content (AvgIpc) is 2.61. The highest BCUT2D eigenvalue weighted by Gasteiger charge is 2.18. The lowest BCUT2D eigenvalue weighted by Crippen LogP contribution is -2.24. The molecule has 5 nitrogen and oxygen atoms in total. The molecule has 0 saturated heterocycles. The Morgan fingerprint density at radius 1 is 1.27 bits per heavy atom. The van der Waals surface area contributed by atoms with Crippen molar-refractivity contribution in [1.29, 1.82) is 0 Å². The topological polar surface area (TPSA) is 74.8 Å². The third kappa shape index (κ3) is 5.46. The Balaban J connectivity index is 2.10. The normalized spacial score (nSPS) is 13.2. The van der Waals surface area contributed by atoms with Crippen molar-refractivity contribution >= 4 is 23.4 Å². The molecule has 0 aliphatic heterocycles. The second-order valence-electron chi connectivity index (χ2n) is 6.44. The summed E-state index contributed by atoms with van der Waals surface area (Å²) in [5.41, 5.74) is 2.56. The zero-order chi connectivity index (χ0) is 19.1. The maximum absolute atomic E-state index is 12.6. The molecule has 2 rings (SSSR count). The largest absolute Gasteiger partial charge is 0.325 e. The molecule has 0 spiro atoms. The van der Waals surface area contributed by atoms with E-state index in [1.807, 2.05) is 32.0 Å². The van der Waals surface area contributed by atoms with Crippen LogP contribution in [0.15, 0.2) is 40.3 Å². The van der Waals surface area contributed by atoms with Crippen LogP contribution in [0.4, 0.5) is 5.69 Å². The first-order chi connectivity index (χ1) is 12.4. The van der Waals surface area contributed by atoms with E-state index >= 15 is 0 Å². The molecule has 1 amide bonds. The van der Waals surface area contributed by atoms with Gasteiger partial charge in [-0.25, -0.2) is 4.98 Å². The SMILES string of the molecule is CCCc1cc(=O)[nH]c(SC(C)C(=O)Nc2ccccc2C(C)CC)n1. The fraction of sp³-hybridized carbons (Fsp3) is 0.450. The number of carbonyl (C=O) groups excluding carboxylic acids is 1. The van der Waals surface area contributed by atoms with Gasteiger partial charge in [-0.2, -0.15) is 0 Å². The zero-order valence-electron chi connectivity index (χ0n) is 15.8. The Hall–Kier alpha value is -2.08. The number of rotatable bonds is 8. The number of aromatic nitrogens is 2. The molecule has 140 valence electrons. The highest BCUT2D eigenvalue weighted by Crippen LogP contribution is 2.27. The number of para-hydroxylation sites is 1. The molecule has 2 unspecified atom stereocenters. The second-order valence-corrected chi connectivity index (χ2v) is 7.77. The first-order valence-corrected chi connectivity index (χ1v) is 9.99. The van der Waals surface area contributed by atoms with Crippen LogP contribution < -0.4 is 10.9 Å². The summed E-state index contributed by atoms with van der Waals surface area (Å²) >= 11 is 1.27. The maximum Gasteiger partial charge on any atom is 0.251 e. The number of hydrogen-bond donors (Lipinski definition) is 2. The third-order valence-electron chi connectivity index (χ3n) is 4.30. The molecule has 6 heteroatoms. The summed E-state index contributed by atoms with van der Waals surface area (Å²) in [4.78, 5) is 31.5. The van der Waals surface area contributed by atoms with E-state index < -0.39 is 0 Å². The summed E-state index contributed by atoms with van der Waals surface area (Å²) in [6, 6.07) is 9.41. The number of aromatic amines is 1. The molecule has 0 aliphatic rings. The highest BCUT2D eigenvalue weighted by atomic mass is 32.2. The molecule has 2 atom stereocenters. The average molecular weight is 374 g/mol. The Labute approximate surface area is 159 Å². The van der Waals surface area contributed by atoms with Gasteiger partial charge in [-0.1, -0.05) is 57.2 Å². The van der Waals surface area contributed by atoms with E-state index in [0.717, 1.165) is 36.2 Å². The van der Waals surface area contributed by atoms with Gasteiger partial charge in [0, 0.05) is 17.4 Å². The first kappa shape index (κ1) is 20.2. The van der Waals surface area contributed by atoms with E-state index in [4.69, 9.17) is 0 Å². The van der Waals surface area contributed by atoms with Crippen molar-refractivity contribution in [2.45, 2.75) is 63.3 Å². The zero-order valence-corrected chi connectivity index (χ0v) is 16.7. The molecule has 1 aromatic heterocycles. The van der Waals surface area contributed by atoms with Crippen LogP contribution in [0.1, 0.15) is 57.7 Å². The van der Waals surface area contributed by atoms with Gasteiger partial charge in [0.1, 0.15) is 0 Å². The molecular weight excluding hydrogens is 346 g/mol. The molecular formula is C20H27N3O2S. The second kappa shape index (κ2) is 9.57. The van der Waals surface area contributed by atoms with Gasteiger partial charge in [-0.15, -0.1) is 0 Å². The lowest BCUT2D eigenvalue weighted by atomic mass is 9.97. The number of H-pyrrole nitrogens is 1. The minimum absolute atomic E-state index is 0.103. The summed E-state index contributed by atoms with van der Waals surface area (Å²) < 4.78 is 0. The van der Waals surface area contributed by atoms with Crippen LogP contribution in [0.3, 0.4) is 0 Å². The van der Waals surface area contributed by atoms with Crippen LogP contribution in [0.5, 0.6) is 0 Å². The van der Waals surface area contributed by atoms with Crippen LogP contribution in [-0.2, 0) is 11.2 Å². The van der Waals surface area contributed by atoms with E-state index in [1.165, 1.54) is 17.8 Å². The minimum atomic E-state index is -0.375. The van der Waals surface area contributed by atoms with Crippen molar-refractivity contribution in [3.8, 4) is 0 Å². The van der Waals surface area contributed by atoms with Crippen LogP contribution in [0.2, 0.25) is 0 Å². The molecule has 0 radical (unpaired) electrons. The van der Waals surface area contributed by atoms with E-state index in [-0.39, 0.29) is 16.7 Å². The fourth-order valence-corrected chi connectivity index (χ4v) is 3.47. The molecule has 0 bridgehead atoms. The lowest BCUT2D eigenvalue weighted by molar-refractivity contribution is -0.115. The number of amides is 1. The molecule has 1 aromatic carbocycles. The molecule has 0 aliphatic carbocycles. The molecule has 2 aromatic rings. The van der Waals surface area contributed by atoms with Gasteiger partial charge in [-0.3, -0.25) is 9.59 Å². The van der Waals surface area contributed by atoms with Crippen molar-refractivity contribution in [3.63, 3.8) is 0 Å². The van der Waals surface area contributed by atoms with E-state index in [1.54, 1.807) is 0 Å². The number of aryl methyl sites for hydroxylation is 1. The van der Waals surface area contributed by atoms with Gasteiger partial charge in [0.25, 0.3) is 5.56 Å². The number of hydrogen-bond acceptors (Lipinski definition) is 4. The van der Waals surface area contributed by atoms with Crippen molar-refractivity contribution < 1.29 is 4.79 Å². The first-order valence-electron chi connectivity index (χ1n) is 9.11. The van der Waals surface area contributed by atoms with Crippen LogP contribution >= 0.6 is 11.8 Å². The monoisotopic (exact) mass is 373 g/mol. The van der Waals surface area contributed by atoms with E-state index in [0.29, 0.717) is 11.1 Å². The number of carbonyl (C=O) groups is 1. The van der Waals surface area contributed by atoms with Gasteiger partial charge in [0.15, 0.2) is 5.16 Å². The van der Waals surface area contributed by atoms with Gasteiger partial charge in [0.2, 0.25) is 5.91 Å². The maximum atomic E-state index is 12.6. The van der Waals surface area contributed by atoms with Crippen molar-refractivity contribution in [2.24, 2.45) is 0 Å². The number of anilines is 1. The molecule has 26 heavy (non-hydrogen) atoms. The molecule has 2 N–H and O–H groups in total. The molecule has 0 fully saturated rings. The fourth-order valence-electron chi connectivity index (χ4n) is 2.64. The quantitative estimate of drug-likeness (QED) is 0.533. The van der Waals surface area contributed by atoms with Crippen molar-refractivity contribution in [1.82, 2.24) is 9.97 Å². The number of thioether (sulfide) groups is 1. The van der Waals surface area contributed by atoms with Crippen molar-refractivity contribution in [2.75, 3.05) is 5.32 Å². The number of nitrogens with one attached hydrogen (secondary N) is 2. The summed E-state index contributed by atoms with van der Waals surface area (Å²) in [5, 5.41) is 3.13. The van der Waals surface area contributed by atoms with Crippen LogP contribution in [-0.4, -0.2) is 21.1 Å². The predicted octanol–water partition coefficient (Wildman–Crippen LogP) is 4.36. The van der Waals surface area contributed by atoms with E-state index in [2.05, 4.69) is 35.2 Å². The van der Waals surface area contributed by atoms with Gasteiger partial charge >= 0.3 is 0 Å². The summed E-state index contributed by atoms with van der Waals surface area (Å²) in [7, 11) is 0. The van der Waals surface area contributed by atoms with Crippen LogP contribution in [0, 0.1) is 0 Å². The summed E-state index contributed by atoms with van der Waals surface area (Å²) in [6.07, 6.45) is 2.68. The lowest BCUT2D eigenvalue weighted by Gasteiger charge is -2.17. The summed E-state index contributed by atoms with van der Waals surface area (Å²) in [5.74, 6) is 0.271. The Bertz CT molecular complexity index is 804.